The first-order chi connectivity index (χ1) is 7.59. The van der Waals surface area contributed by atoms with E-state index in [-0.39, 0.29) is 11.7 Å². The van der Waals surface area contributed by atoms with Crippen molar-refractivity contribution in [2.24, 2.45) is 0 Å². The fraction of sp³-hybridized carbons (Fsp3) is 0.545. The minimum atomic E-state index is -0.982. The molecule has 1 atom stereocenters. The summed E-state index contributed by atoms with van der Waals surface area (Å²) in [5.41, 5.74) is 0.167. The summed E-state index contributed by atoms with van der Waals surface area (Å²) in [6.45, 7) is 3.03. The average Bonchev–Trinajstić information content (AvgIpc) is 2.65. The highest BCUT2D eigenvalue weighted by atomic mass is 16.4. The zero-order valence-corrected chi connectivity index (χ0v) is 9.27. The number of carboxylic acids is 1. The van der Waals surface area contributed by atoms with E-state index in [9.17, 15) is 4.79 Å². The summed E-state index contributed by atoms with van der Waals surface area (Å²) >= 11 is 0. The van der Waals surface area contributed by atoms with Crippen LogP contribution >= 0.6 is 0 Å². The molecule has 0 fully saturated rings. The first kappa shape index (κ1) is 12.7. The number of hydrogen-bond acceptors (Lipinski definition) is 4. The Balaban J connectivity index is 2.19. The maximum absolute atomic E-state index is 10.6. The minimum absolute atomic E-state index is 0.167. The number of aliphatic hydroxyl groups excluding tert-OH is 1. The summed E-state index contributed by atoms with van der Waals surface area (Å²) < 4.78 is 5.06. The van der Waals surface area contributed by atoms with E-state index < -0.39 is 5.97 Å². The van der Waals surface area contributed by atoms with Crippen LogP contribution in [0.1, 0.15) is 35.9 Å². The van der Waals surface area contributed by atoms with Gasteiger partial charge in [-0.05, 0) is 32.4 Å². The van der Waals surface area contributed by atoms with Crippen molar-refractivity contribution in [3.05, 3.63) is 23.7 Å². The number of furan rings is 1. The fourth-order valence-electron chi connectivity index (χ4n) is 1.32. The molecule has 1 aromatic heterocycles. The Morgan fingerprint density at radius 1 is 1.62 bits per heavy atom. The van der Waals surface area contributed by atoms with Gasteiger partial charge in [0.1, 0.15) is 12.0 Å². The third-order valence-electron chi connectivity index (χ3n) is 2.18. The van der Waals surface area contributed by atoms with E-state index in [4.69, 9.17) is 14.6 Å². The molecule has 0 aliphatic carbocycles. The molecule has 3 N–H and O–H groups in total. The highest BCUT2D eigenvalue weighted by Gasteiger charge is 2.07. The molecule has 5 heteroatoms. The van der Waals surface area contributed by atoms with Crippen molar-refractivity contribution in [1.29, 1.82) is 0 Å². The average molecular weight is 227 g/mol. The largest absolute Gasteiger partial charge is 0.478 e. The number of nitrogens with one attached hydrogen (secondary N) is 1. The van der Waals surface area contributed by atoms with Crippen LogP contribution in [-0.2, 0) is 6.54 Å². The maximum atomic E-state index is 10.6. The molecular formula is C11H17NO4. The van der Waals surface area contributed by atoms with E-state index in [1.54, 1.807) is 6.92 Å². The zero-order valence-electron chi connectivity index (χ0n) is 9.27. The van der Waals surface area contributed by atoms with Crippen molar-refractivity contribution in [2.75, 3.05) is 6.54 Å². The van der Waals surface area contributed by atoms with E-state index >= 15 is 0 Å². The van der Waals surface area contributed by atoms with Gasteiger partial charge >= 0.3 is 5.97 Å². The number of rotatable bonds is 7. The van der Waals surface area contributed by atoms with Gasteiger partial charge in [-0.15, -0.1) is 0 Å². The Labute approximate surface area is 94.1 Å². The molecule has 90 valence electrons. The SMILES string of the molecule is CC(O)CCCNCc1cc(C(=O)O)co1. The van der Waals surface area contributed by atoms with Crippen LogP contribution in [0.2, 0.25) is 0 Å². The van der Waals surface area contributed by atoms with Gasteiger partial charge in [0.15, 0.2) is 0 Å². The van der Waals surface area contributed by atoms with Crippen LogP contribution in [0.4, 0.5) is 0 Å². The predicted octanol–water partition coefficient (Wildman–Crippen LogP) is 1.23. The highest BCUT2D eigenvalue weighted by molar-refractivity contribution is 5.87. The van der Waals surface area contributed by atoms with E-state index in [1.807, 2.05) is 0 Å². The third-order valence-corrected chi connectivity index (χ3v) is 2.18. The van der Waals surface area contributed by atoms with Crippen LogP contribution in [0.15, 0.2) is 16.7 Å². The van der Waals surface area contributed by atoms with Crippen LogP contribution in [-0.4, -0.2) is 28.8 Å². The second kappa shape index (κ2) is 6.30. The van der Waals surface area contributed by atoms with Crippen LogP contribution in [0.5, 0.6) is 0 Å². The Kier molecular flexibility index (Phi) is 5.01. The normalized spacial score (nSPS) is 12.6. The Morgan fingerprint density at radius 3 is 2.94 bits per heavy atom. The van der Waals surface area contributed by atoms with Gasteiger partial charge in [-0.1, -0.05) is 0 Å². The molecule has 0 aromatic carbocycles. The van der Waals surface area contributed by atoms with Gasteiger partial charge in [0, 0.05) is 0 Å². The smallest absolute Gasteiger partial charge is 0.338 e. The first-order valence-corrected chi connectivity index (χ1v) is 5.29. The van der Waals surface area contributed by atoms with Gasteiger partial charge in [-0.2, -0.15) is 0 Å². The molecule has 16 heavy (non-hydrogen) atoms. The maximum Gasteiger partial charge on any atom is 0.338 e. The van der Waals surface area contributed by atoms with Crippen molar-refractivity contribution in [2.45, 2.75) is 32.4 Å². The van der Waals surface area contributed by atoms with E-state index in [0.717, 1.165) is 19.4 Å². The summed E-state index contributed by atoms with van der Waals surface area (Å²) in [5.74, 6) is -0.376. The molecule has 0 amide bonds. The second-order valence-corrected chi connectivity index (χ2v) is 3.77. The van der Waals surface area contributed by atoms with E-state index in [1.165, 1.54) is 12.3 Å². The fourth-order valence-corrected chi connectivity index (χ4v) is 1.32. The molecule has 1 aromatic rings. The van der Waals surface area contributed by atoms with Crippen LogP contribution in [0.3, 0.4) is 0 Å². The van der Waals surface area contributed by atoms with Crippen LogP contribution < -0.4 is 5.32 Å². The Morgan fingerprint density at radius 2 is 2.38 bits per heavy atom. The van der Waals surface area contributed by atoms with Gasteiger partial charge in [0.2, 0.25) is 0 Å². The molecule has 0 radical (unpaired) electrons. The van der Waals surface area contributed by atoms with Crippen molar-refractivity contribution < 1.29 is 19.4 Å². The lowest BCUT2D eigenvalue weighted by molar-refractivity contribution is 0.0696. The molecule has 1 rings (SSSR count). The third kappa shape index (κ3) is 4.46. The predicted molar refractivity (Wildman–Crippen MR) is 58.3 cm³/mol. The molecule has 0 saturated carbocycles. The number of aromatic carboxylic acids is 1. The van der Waals surface area contributed by atoms with Gasteiger partial charge in [-0.3, -0.25) is 0 Å². The number of hydrogen-bond donors (Lipinski definition) is 3. The first-order valence-electron chi connectivity index (χ1n) is 5.29. The molecule has 0 aliphatic rings. The second-order valence-electron chi connectivity index (χ2n) is 3.77. The summed E-state index contributed by atoms with van der Waals surface area (Å²) in [6, 6.07) is 1.50. The number of aliphatic hydroxyl groups is 1. The van der Waals surface area contributed by atoms with Gasteiger partial charge in [0.25, 0.3) is 0 Å². The quantitative estimate of drug-likeness (QED) is 0.610. The van der Waals surface area contributed by atoms with Crippen molar-refractivity contribution >= 4 is 5.97 Å². The van der Waals surface area contributed by atoms with E-state index in [2.05, 4.69) is 5.32 Å². The monoisotopic (exact) mass is 227 g/mol. The Hall–Kier alpha value is -1.33. The van der Waals surface area contributed by atoms with Crippen LogP contribution in [0.25, 0.3) is 0 Å². The molecular weight excluding hydrogens is 210 g/mol. The van der Waals surface area contributed by atoms with Crippen molar-refractivity contribution in [3.63, 3.8) is 0 Å². The van der Waals surface area contributed by atoms with Crippen LogP contribution in [0, 0.1) is 0 Å². The highest BCUT2D eigenvalue weighted by Crippen LogP contribution is 2.07. The number of carbonyl (C=O) groups is 1. The standard InChI is InChI=1S/C11H17NO4/c1-8(13)3-2-4-12-6-10-5-9(7-16-10)11(14)15/h5,7-8,12-13H,2-4,6H2,1H3,(H,14,15). The summed E-state index contributed by atoms with van der Waals surface area (Å²) in [4.78, 5) is 10.6. The Bertz CT molecular complexity index is 332. The van der Waals surface area contributed by atoms with Gasteiger partial charge < -0.3 is 19.9 Å². The van der Waals surface area contributed by atoms with Gasteiger partial charge in [-0.25, -0.2) is 4.79 Å². The molecule has 0 bridgehead atoms. The lowest BCUT2D eigenvalue weighted by Crippen LogP contribution is -2.15. The summed E-state index contributed by atoms with van der Waals surface area (Å²) in [6.07, 6.45) is 2.59. The summed E-state index contributed by atoms with van der Waals surface area (Å²) in [5, 5.41) is 20.8. The topological polar surface area (TPSA) is 82.7 Å². The van der Waals surface area contributed by atoms with Gasteiger partial charge in [0.05, 0.1) is 18.2 Å². The molecule has 1 unspecified atom stereocenters. The van der Waals surface area contributed by atoms with Crippen molar-refractivity contribution in [1.82, 2.24) is 5.32 Å². The summed E-state index contributed by atoms with van der Waals surface area (Å²) in [7, 11) is 0. The zero-order chi connectivity index (χ0) is 12.0. The van der Waals surface area contributed by atoms with Crippen molar-refractivity contribution in [3.8, 4) is 0 Å². The molecule has 0 saturated heterocycles. The molecule has 0 aliphatic heterocycles. The number of carboxylic acid groups (broad SMARTS) is 1. The molecule has 5 nitrogen and oxygen atoms in total. The lowest BCUT2D eigenvalue weighted by Gasteiger charge is -2.04. The lowest BCUT2D eigenvalue weighted by atomic mass is 10.2. The molecule has 0 spiro atoms. The molecule has 1 heterocycles. The van der Waals surface area contributed by atoms with E-state index in [0.29, 0.717) is 12.3 Å². The minimum Gasteiger partial charge on any atom is -0.478 e.